The first kappa shape index (κ1) is 15.0. The Labute approximate surface area is 112 Å². The SMILES string of the molecule is CC(C)(C)C(CBr)CN1C(=O)C(C)(C)S1(=O)=O. The van der Waals surface area contributed by atoms with Gasteiger partial charge in [-0.05, 0) is 25.2 Å². The maximum Gasteiger partial charge on any atom is 0.258 e. The summed E-state index contributed by atoms with van der Waals surface area (Å²) >= 11 is 3.39. The maximum absolute atomic E-state index is 11.9. The number of carbonyl (C=O) groups excluding carboxylic acids is 1. The highest BCUT2D eigenvalue weighted by atomic mass is 79.9. The minimum absolute atomic E-state index is 0.0426. The highest BCUT2D eigenvalue weighted by molar-refractivity contribution is 9.09. The summed E-state index contributed by atoms with van der Waals surface area (Å²) in [5, 5.41) is 0.677. The molecule has 1 unspecified atom stereocenters. The predicted octanol–water partition coefficient (Wildman–Crippen LogP) is 1.99. The molecular formula is C11H20BrNO3S. The van der Waals surface area contributed by atoms with E-state index in [1.165, 1.54) is 13.8 Å². The zero-order valence-corrected chi connectivity index (χ0v) is 13.4. The van der Waals surface area contributed by atoms with Gasteiger partial charge in [-0.3, -0.25) is 4.79 Å². The number of halogens is 1. The molecule has 1 rings (SSSR count). The summed E-state index contributed by atoms with van der Waals surface area (Å²) in [7, 11) is -3.45. The maximum atomic E-state index is 11.9. The van der Waals surface area contributed by atoms with Crippen LogP contribution in [0.15, 0.2) is 0 Å². The van der Waals surface area contributed by atoms with Crippen molar-refractivity contribution in [2.45, 2.75) is 39.4 Å². The van der Waals surface area contributed by atoms with Gasteiger partial charge in [0.05, 0.1) is 0 Å². The summed E-state index contributed by atoms with van der Waals surface area (Å²) in [6, 6.07) is 0. The van der Waals surface area contributed by atoms with Crippen molar-refractivity contribution in [1.82, 2.24) is 4.31 Å². The van der Waals surface area contributed by atoms with E-state index in [2.05, 4.69) is 15.9 Å². The summed E-state index contributed by atoms with van der Waals surface area (Å²) in [6.07, 6.45) is 0. The van der Waals surface area contributed by atoms with Crippen LogP contribution in [0.3, 0.4) is 0 Å². The minimum atomic E-state index is -3.45. The molecule has 1 fully saturated rings. The fourth-order valence-corrected chi connectivity index (χ4v) is 4.44. The van der Waals surface area contributed by atoms with Gasteiger partial charge in [0, 0.05) is 11.9 Å². The standard InChI is InChI=1S/C11H20BrNO3S/c1-10(2,3)8(6-12)7-13-9(14)11(4,5)17(13,15)16/h8H,6-7H2,1-5H3. The van der Waals surface area contributed by atoms with E-state index in [1.807, 2.05) is 20.8 Å². The van der Waals surface area contributed by atoms with Gasteiger partial charge < -0.3 is 0 Å². The quantitative estimate of drug-likeness (QED) is 0.746. The number of amides is 1. The van der Waals surface area contributed by atoms with Gasteiger partial charge in [0.25, 0.3) is 15.9 Å². The summed E-state index contributed by atoms with van der Waals surface area (Å²) in [6.45, 7) is 9.31. The van der Waals surface area contributed by atoms with E-state index in [0.29, 0.717) is 5.33 Å². The summed E-state index contributed by atoms with van der Waals surface area (Å²) in [5.74, 6) is -0.190. The van der Waals surface area contributed by atoms with Gasteiger partial charge >= 0.3 is 0 Å². The Hall–Kier alpha value is -0.100. The van der Waals surface area contributed by atoms with Gasteiger partial charge in [-0.1, -0.05) is 36.7 Å². The van der Waals surface area contributed by atoms with Crippen LogP contribution in [0, 0.1) is 11.3 Å². The van der Waals surface area contributed by atoms with Crippen LogP contribution in [0.2, 0.25) is 0 Å². The van der Waals surface area contributed by atoms with Gasteiger partial charge in [0.1, 0.15) is 0 Å². The molecule has 17 heavy (non-hydrogen) atoms. The zero-order valence-electron chi connectivity index (χ0n) is 10.9. The number of rotatable bonds is 3. The molecule has 0 N–H and O–H groups in total. The Kier molecular flexibility index (Phi) is 3.72. The molecule has 0 aliphatic carbocycles. The third-order valence-corrected chi connectivity index (χ3v) is 6.61. The fourth-order valence-electron chi connectivity index (χ4n) is 1.69. The largest absolute Gasteiger partial charge is 0.272 e. The van der Waals surface area contributed by atoms with Gasteiger partial charge in [0.2, 0.25) is 0 Å². The summed E-state index contributed by atoms with van der Waals surface area (Å²) in [5.41, 5.74) is -0.0426. The van der Waals surface area contributed by atoms with E-state index < -0.39 is 14.8 Å². The first-order chi connectivity index (χ1) is 7.46. The fraction of sp³-hybridized carbons (Fsp3) is 0.909. The molecule has 100 valence electrons. The van der Waals surface area contributed by atoms with Crippen LogP contribution in [0.1, 0.15) is 34.6 Å². The van der Waals surface area contributed by atoms with Crippen molar-refractivity contribution in [3.05, 3.63) is 0 Å². The lowest BCUT2D eigenvalue weighted by molar-refractivity contribution is -0.132. The van der Waals surface area contributed by atoms with Gasteiger partial charge in [0.15, 0.2) is 4.75 Å². The molecule has 0 aromatic rings. The Bertz CT molecular complexity index is 422. The Morgan fingerprint density at radius 3 is 2.12 bits per heavy atom. The second-order valence-corrected chi connectivity index (χ2v) is 9.13. The molecule has 1 aliphatic rings. The number of hydrogen-bond donors (Lipinski definition) is 0. The van der Waals surface area contributed by atoms with Crippen LogP contribution in [0.25, 0.3) is 0 Å². The van der Waals surface area contributed by atoms with Crippen molar-refractivity contribution in [3.8, 4) is 0 Å². The second-order valence-electron chi connectivity index (χ2n) is 6.07. The predicted molar refractivity (Wildman–Crippen MR) is 71.5 cm³/mol. The van der Waals surface area contributed by atoms with Crippen molar-refractivity contribution in [1.29, 1.82) is 0 Å². The number of nitrogens with zero attached hydrogens (tertiary/aromatic N) is 1. The van der Waals surface area contributed by atoms with Crippen molar-refractivity contribution in [3.63, 3.8) is 0 Å². The lowest BCUT2D eigenvalue weighted by Gasteiger charge is -2.46. The smallest absolute Gasteiger partial charge is 0.258 e. The number of alkyl halides is 1. The second kappa shape index (κ2) is 4.23. The molecule has 0 aromatic carbocycles. The third kappa shape index (κ3) is 2.26. The molecule has 0 aromatic heterocycles. The lowest BCUT2D eigenvalue weighted by atomic mass is 9.82. The molecule has 1 atom stereocenters. The molecule has 0 spiro atoms. The first-order valence-electron chi connectivity index (χ1n) is 5.59. The number of sulfonamides is 1. The first-order valence-corrected chi connectivity index (χ1v) is 8.15. The number of hydrogen-bond acceptors (Lipinski definition) is 3. The monoisotopic (exact) mass is 325 g/mol. The molecule has 0 radical (unpaired) electrons. The molecular weight excluding hydrogens is 306 g/mol. The molecule has 6 heteroatoms. The highest BCUT2D eigenvalue weighted by Crippen LogP contribution is 2.38. The van der Waals surface area contributed by atoms with Crippen LogP contribution < -0.4 is 0 Å². The van der Waals surface area contributed by atoms with E-state index in [0.717, 1.165) is 4.31 Å². The van der Waals surface area contributed by atoms with E-state index in [9.17, 15) is 13.2 Å². The molecule has 0 saturated carbocycles. The lowest BCUT2D eigenvalue weighted by Crippen LogP contribution is -2.68. The molecule has 1 aliphatic heterocycles. The molecule has 1 amide bonds. The molecule has 4 nitrogen and oxygen atoms in total. The van der Waals surface area contributed by atoms with Crippen LogP contribution in [0.5, 0.6) is 0 Å². The molecule has 1 heterocycles. The van der Waals surface area contributed by atoms with Gasteiger partial charge in [-0.2, -0.15) is 0 Å². The number of carbonyl (C=O) groups is 1. The minimum Gasteiger partial charge on any atom is -0.272 e. The Morgan fingerprint density at radius 1 is 1.35 bits per heavy atom. The van der Waals surface area contributed by atoms with Crippen LogP contribution in [0.4, 0.5) is 0 Å². The van der Waals surface area contributed by atoms with E-state index >= 15 is 0 Å². The third-order valence-electron chi connectivity index (χ3n) is 3.47. The van der Waals surface area contributed by atoms with Crippen LogP contribution in [-0.2, 0) is 14.8 Å². The van der Waals surface area contributed by atoms with E-state index in [-0.39, 0.29) is 23.8 Å². The van der Waals surface area contributed by atoms with Crippen molar-refractivity contribution in [2.75, 3.05) is 11.9 Å². The normalized spacial score (nSPS) is 24.4. The van der Waals surface area contributed by atoms with E-state index in [4.69, 9.17) is 0 Å². The van der Waals surface area contributed by atoms with Crippen molar-refractivity contribution >= 4 is 31.9 Å². The molecule has 0 bridgehead atoms. The highest BCUT2D eigenvalue weighted by Gasteiger charge is 2.60. The summed E-state index contributed by atoms with van der Waals surface area (Å²) in [4.78, 5) is 11.8. The van der Waals surface area contributed by atoms with Crippen LogP contribution >= 0.6 is 15.9 Å². The van der Waals surface area contributed by atoms with Crippen molar-refractivity contribution in [2.24, 2.45) is 11.3 Å². The van der Waals surface area contributed by atoms with Crippen molar-refractivity contribution < 1.29 is 13.2 Å². The zero-order chi connectivity index (χ0) is 13.6. The Morgan fingerprint density at radius 2 is 1.82 bits per heavy atom. The van der Waals surface area contributed by atoms with E-state index in [1.54, 1.807) is 0 Å². The Balaban J connectivity index is 2.89. The van der Waals surface area contributed by atoms with Gasteiger partial charge in [-0.25, -0.2) is 12.7 Å². The average molecular weight is 326 g/mol. The topological polar surface area (TPSA) is 54.5 Å². The molecule has 1 saturated heterocycles. The average Bonchev–Trinajstić information content (AvgIpc) is 2.15. The van der Waals surface area contributed by atoms with Crippen LogP contribution in [-0.4, -0.2) is 35.3 Å². The summed E-state index contributed by atoms with van der Waals surface area (Å²) < 4.78 is 23.7. The van der Waals surface area contributed by atoms with Gasteiger partial charge in [-0.15, -0.1) is 0 Å².